The summed E-state index contributed by atoms with van der Waals surface area (Å²) in [4.78, 5) is 30.1. The van der Waals surface area contributed by atoms with Crippen LogP contribution in [-0.2, 0) is 32.4 Å². The Hall–Kier alpha value is -3.30. The second-order valence-electron chi connectivity index (χ2n) is 7.39. The molecule has 1 aliphatic rings. The lowest BCUT2D eigenvalue weighted by Crippen LogP contribution is -2.30. The highest BCUT2D eigenvalue weighted by molar-refractivity contribution is 7.89. The molecule has 4 rings (SSSR count). The van der Waals surface area contributed by atoms with Crippen LogP contribution in [0.2, 0.25) is 0 Å². The van der Waals surface area contributed by atoms with E-state index in [2.05, 4.69) is 10.3 Å². The highest BCUT2D eigenvalue weighted by Crippen LogP contribution is 2.30. The molecule has 160 valence electrons. The summed E-state index contributed by atoms with van der Waals surface area (Å²) >= 11 is 0. The summed E-state index contributed by atoms with van der Waals surface area (Å²) in [5.41, 5.74) is 3.16. The number of anilines is 1. The van der Waals surface area contributed by atoms with Crippen molar-refractivity contribution in [2.45, 2.75) is 37.2 Å². The number of pyridine rings is 1. The van der Waals surface area contributed by atoms with E-state index in [9.17, 15) is 18.0 Å². The van der Waals surface area contributed by atoms with Crippen molar-refractivity contribution in [3.63, 3.8) is 0 Å². The van der Waals surface area contributed by atoms with Gasteiger partial charge in [-0.15, -0.1) is 0 Å². The van der Waals surface area contributed by atoms with E-state index in [1.807, 2.05) is 24.3 Å². The molecule has 0 fully saturated rings. The van der Waals surface area contributed by atoms with Crippen molar-refractivity contribution in [3.05, 3.63) is 65.4 Å². The van der Waals surface area contributed by atoms with Gasteiger partial charge in [0, 0.05) is 16.8 Å². The normalized spacial score (nSPS) is 14.1. The topological polar surface area (TPSA) is 128 Å². The van der Waals surface area contributed by atoms with E-state index in [0.29, 0.717) is 16.5 Å². The lowest BCUT2D eigenvalue weighted by atomic mass is 10.0. The zero-order valence-corrected chi connectivity index (χ0v) is 17.6. The molecule has 2 aromatic carbocycles. The number of hydrogen-bond acceptors (Lipinski definition) is 6. The van der Waals surface area contributed by atoms with Crippen molar-refractivity contribution in [2.75, 3.05) is 5.32 Å². The number of aromatic nitrogens is 1. The number of nitrogens with one attached hydrogen (secondary N) is 1. The van der Waals surface area contributed by atoms with Gasteiger partial charge in [0.25, 0.3) is 5.91 Å². The minimum Gasteiger partial charge on any atom is -0.449 e. The molecule has 0 saturated carbocycles. The van der Waals surface area contributed by atoms with Gasteiger partial charge in [-0.05, 0) is 56.0 Å². The molecule has 0 saturated heterocycles. The zero-order valence-electron chi connectivity index (χ0n) is 16.8. The van der Waals surface area contributed by atoms with Crippen LogP contribution in [0.1, 0.15) is 35.0 Å². The van der Waals surface area contributed by atoms with E-state index < -0.39 is 28.0 Å². The number of amides is 1. The Balaban J connectivity index is 1.55. The molecule has 0 spiro atoms. The Morgan fingerprint density at radius 1 is 1.13 bits per heavy atom. The molecule has 1 amide bonds. The van der Waals surface area contributed by atoms with Crippen LogP contribution < -0.4 is 10.5 Å². The van der Waals surface area contributed by atoms with E-state index in [0.717, 1.165) is 30.5 Å². The number of carbonyl (C=O) groups excluding carboxylic acids is 2. The van der Waals surface area contributed by atoms with E-state index in [1.165, 1.54) is 31.2 Å². The zero-order chi connectivity index (χ0) is 22.2. The van der Waals surface area contributed by atoms with Gasteiger partial charge in [-0.2, -0.15) is 0 Å². The smallest absolute Gasteiger partial charge is 0.339 e. The van der Waals surface area contributed by atoms with Gasteiger partial charge in [-0.25, -0.2) is 18.4 Å². The molecular weight excluding hydrogens is 418 g/mol. The molecule has 0 bridgehead atoms. The molecule has 3 aromatic rings. The lowest BCUT2D eigenvalue weighted by molar-refractivity contribution is -0.123. The molecule has 31 heavy (non-hydrogen) atoms. The molecular formula is C22H21N3O5S. The Bertz CT molecular complexity index is 1300. The average molecular weight is 439 g/mol. The predicted octanol–water partition coefficient (Wildman–Crippen LogP) is 2.55. The Morgan fingerprint density at radius 2 is 1.90 bits per heavy atom. The number of para-hydroxylation sites is 1. The third-order valence-corrected chi connectivity index (χ3v) is 6.12. The van der Waals surface area contributed by atoms with Crippen molar-refractivity contribution in [3.8, 4) is 0 Å². The molecule has 0 radical (unpaired) electrons. The number of nitrogens with two attached hydrogens (primary N) is 1. The molecule has 3 N–H and O–H groups in total. The summed E-state index contributed by atoms with van der Waals surface area (Å²) in [6.07, 6.45) is 1.35. The number of primary sulfonamides is 1. The van der Waals surface area contributed by atoms with Gasteiger partial charge in [0.15, 0.2) is 6.10 Å². The first-order valence-corrected chi connectivity index (χ1v) is 11.3. The molecule has 8 nitrogen and oxygen atoms in total. The monoisotopic (exact) mass is 439 g/mol. The van der Waals surface area contributed by atoms with Crippen molar-refractivity contribution in [1.29, 1.82) is 0 Å². The summed E-state index contributed by atoms with van der Waals surface area (Å²) in [7, 11) is -3.91. The van der Waals surface area contributed by atoms with Crippen LogP contribution in [0.5, 0.6) is 0 Å². The maximum absolute atomic E-state index is 13.0. The SMILES string of the molecule is CC(OC(=O)c1c2c(nc3ccccc13)CCC2)C(=O)Nc1cccc(S(N)(=O)=O)c1. The number of hydrogen-bond donors (Lipinski definition) is 2. The van der Waals surface area contributed by atoms with Crippen LogP contribution in [0.3, 0.4) is 0 Å². The van der Waals surface area contributed by atoms with E-state index in [1.54, 1.807) is 0 Å². The van der Waals surface area contributed by atoms with E-state index in [4.69, 9.17) is 9.88 Å². The van der Waals surface area contributed by atoms with Gasteiger partial charge >= 0.3 is 5.97 Å². The summed E-state index contributed by atoms with van der Waals surface area (Å²) < 4.78 is 28.5. The predicted molar refractivity (Wildman–Crippen MR) is 115 cm³/mol. The maximum Gasteiger partial charge on any atom is 0.339 e. The fraction of sp³-hybridized carbons (Fsp3) is 0.227. The van der Waals surface area contributed by atoms with Crippen molar-refractivity contribution in [2.24, 2.45) is 5.14 Å². The van der Waals surface area contributed by atoms with Crippen LogP contribution in [-0.4, -0.2) is 31.4 Å². The summed E-state index contributed by atoms with van der Waals surface area (Å²) in [5, 5.41) is 8.37. The van der Waals surface area contributed by atoms with Gasteiger partial charge in [0.05, 0.1) is 16.0 Å². The van der Waals surface area contributed by atoms with E-state index in [-0.39, 0.29) is 10.6 Å². The number of nitrogens with zero attached hydrogens (tertiary/aromatic N) is 1. The molecule has 1 aromatic heterocycles. The van der Waals surface area contributed by atoms with Crippen LogP contribution in [0.4, 0.5) is 5.69 Å². The van der Waals surface area contributed by atoms with Crippen molar-refractivity contribution < 1.29 is 22.7 Å². The molecule has 0 aliphatic heterocycles. The third kappa shape index (κ3) is 4.28. The van der Waals surface area contributed by atoms with Gasteiger partial charge in [0.2, 0.25) is 10.0 Å². The molecule has 1 heterocycles. The van der Waals surface area contributed by atoms with Crippen molar-refractivity contribution in [1.82, 2.24) is 4.98 Å². The number of fused-ring (bicyclic) bond motifs is 2. The Kier molecular flexibility index (Phi) is 5.47. The fourth-order valence-electron chi connectivity index (χ4n) is 3.71. The standard InChI is InChI=1S/C22H21N3O5S/c1-13(21(26)24-14-6-4-7-15(12-14)31(23,28)29)30-22(27)20-16-8-2-3-10-18(16)25-19-11-5-9-17(19)20/h2-4,6-8,10,12-13H,5,9,11H2,1H3,(H,24,26)(H2,23,28,29). The Morgan fingerprint density at radius 3 is 2.68 bits per heavy atom. The minimum atomic E-state index is -3.91. The van der Waals surface area contributed by atoms with Crippen LogP contribution in [0.15, 0.2) is 53.4 Å². The number of carbonyl (C=O) groups is 2. The maximum atomic E-state index is 13.0. The minimum absolute atomic E-state index is 0.131. The average Bonchev–Trinajstić information content (AvgIpc) is 3.19. The lowest BCUT2D eigenvalue weighted by Gasteiger charge is -2.16. The van der Waals surface area contributed by atoms with Gasteiger partial charge < -0.3 is 10.1 Å². The number of ether oxygens (including phenoxy) is 1. The van der Waals surface area contributed by atoms with Crippen LogP contribution in [0, 0.1) is 0 Å². The van der Waals surface area contributed by atoms with Crippen molar-refractivity contribution >= 4 is 38.5 Å². The van der Waals surface area contributed by atoms with E-state index >= 15 is 0 Å². The second kappa shape index (κ2) is 8.09. The number of benzene rings is 2. The summed E-state index contributed by atoms with van der Waals surface area (Å²) in [5.74, 6) is -1.17. The highest BCUT2D eigenvalue weighted by atomic mass is 32.2. The fourth-order valence-corrected chi connectivity index (χ4v) is 4.27. The van der Waals surface area contributed by atoms with Gasteiger partial charge in [-0.1, -0.05) is 24.3 Å². The van der Waals surface area contributed by atoms with Gasteiger partial charge in [-0.3, -0.25) is 9.78 Å². The number of esters is 1. The number of rotatable bonds is 5. The highest BCUT2D eigenvalue weighted by Gasteiger charge is 2.27. The first-order chi connectivity index (χ1) is 14.7. The molecule has 1 aliphatic carbocycles. The molecule has 1 unspecified atom stereocenters. The molecule has 9 heteroatoms. The summed E-state index contributed by atoms with van der Waals surface area (Å²) in [6, 6.07) is 12.9. The Labute approximate surface area is 179 Å². The summed E-state index contributed by atoms with van der Waals surface area (Å²) in [6.45, 7) is 1.46. The third-order valence-electron chi connectivity index (χ3n) is 5.21. The molecule has 1 atom stereocenters. The first-order valence-electron chi connectivity index (χ1n) is 9.79. The largest absolute Gasteiger partial charge is 0.449 e. The second-order valence-corrected chi connectivity index (χ2v) is 8.95. The van der Waals surface area contributed by atoms with Gasteiger partial charge in [0.1, 0.15) is 0 Å². The van der Waals surface area contributed by atoms with Crippen LogP contribution in [0.25, 0.3) is 10.9 Å². The number of sulfonamides is 1. The van der Waals surface area contributed by atoms with Crippen LogP contribution >= 0.6 is 0 Å². The first kappa shape index (κ1) is 21.0. The number of aryl methyl sites for hydroxylation is 1. The quantitative estimate of drug-likeness (QED) is 0.588.